The van der Waals surface area contributed by atoms with Crippen LogP contribution in [0.15, 0.2) is 27.3 Å². The lowest BCUT2D eigenvalue weighted by molar-refractivity contribution is 0.436. The molecule has 0 spiro atoms. The smallest absolute Gasteiger partial charge is 0.229 e. The summed E-state index contributed by atoms with van der Waals surface area (Å²) in [5.41, 5.74) is 9.90. The zero-order valence-electron chi connectivity index (χ0n) is 8.54. The molecule has 4 heteroatoms. The average molecular weight is 267 g/mol. The number of nitrogens with two attached hydrogens (primary N) is 1. The molecule has 0 aliphatic carbocycles. The van der Waals surface area contributed by atoms with Gasteiger partial charge in [-0.15, -0.1) is 0 Å². The zero-order chi connectivity index (χ0) is 11.0. The topological polar surface area (TPSA) is 52.0 Å². The Morgan fingerprint density at radius 1 is 1.27 bits per heavy atom. The van der Waals surface area contributed by atoms with Gasteiger partial charge < -0.3 is 10.3 Å². The van der Waals surface area contributed by atoms with Gasteiger partial charge >= 0.3 is 0 Å². The fourth-order valence-electron chi connectivity index (χ4n) is 1.55. The SMILES string of the molecule is Cc1cc(Br)c(C)c(-c2cnoc2N)c1. The highest BCUT2D eigenvalue weighted by Crippen LogP contribution is 2.33. The molecule has 78 valence electrons. The fraction of sp³-hybridized carbons (Fsp3) is 0.182. The number of aromatic nitrogens is 1. The van der Waals surface area contributed by atoms with Crippen LogP contribution in [0.2, 0.25) is 0 Å². The van der Waals surface area contributed by atoms with E-state index in [0.29, 0.717) is 5.88 Å². The number of aryl methyl sites for hydroxylation is 1. The van der Waals surface area contributed by atoms with E-state index in [9.17, 15) is 0 Å². The first-order valence-corrected chi connectivity index (χ1v) is 5.36. The van der Waals surface area contributed by atoms with Crippen LogP contribution in [0.4, 0.5) is 5.88 Å². The van der Waals surface area contributed by atoms with Crippen molar-refractivity contribution in [2.24, 2.45) is 0 Å². The molecule has 0 fully saturated rings. The number of nitrogen functional groups attached to an aromatic ring is 1. The molecule has 0 saturated carbocycles. The van der Waals surface area contributed by atoms with Crippen LogP contribution in [0, 0.1) is 13.8 Å². The number of benzene rings is 1. The molecule has 0 amide bonds. The molecule has 1 aromatic heterocycles. The Morgan fingerprint density at radius 3 is 2.60 bits per heavy atom. The highest BCUT2D eigenvalue weighted by Gasteiger charge is 2.11. The number of halogens is 1. The summed E-state index contributed by atoms with van der Waals surface area (Å²) in [4.78, 5) is 0. The van der Waals surface area contributed by atoms with Crippen molar-refractivity contribution >= 4 is 21.8 Å². The molecule has 0 aliphatic heterocycles. The standard InChI is InChI=1S/C11H11BrN2O/c1-6-3-8(7(2)10(12)4-6)9-5-14-15-11(9)13/h3-5H,13H2,1-2H3. The summed E-state index contributed by atoms with van der Waals surface area (Å²) in [5.74, 6) is 0.357. The van der Waals surface area contributed by atoms with Gasteiger partial charge in [0.05, 0.1) is 11.8 Å². The molecule has 15 heavy (non-hydrogen) atoms. The molecule has 3 nitrogen and oxygen atoms in total. The van der Waals surface area contributed by atoms with Gasteiger partial charge in [0.1, 0.15) is 0 Å². The molecule has 0 atom stereocenters. The number of hydrogen-bond acceptors (Lipinski definition) is 3. The summed E-state index contributed by atoms with van der Waals surface area (Å²) >= 11 is 3.52. The van der Waals surface area contributed by atoms with Gasteiger partial charge in [0, 0.05) is 4.47 Å². The van der Waals surface area contributed by atoms with E-state index >= 15 is 0 Å². The van der Waals surface area contributed by atoms with E-state index in [1.807, 2.05) is 13.8 Å². The molecular formula is C11H11BrN2O. The van der Waals surface area contributed by atoms with E-state index in [0.717, 1.165) is 21.2 Å². The van der Waals surface area contributed by atoms with Crippen LogP contribution in [-0.4, -0.2) is 5.16 Å². The van der Waals surface area contributed by atoms with Crippen molar-refractivity contribution in [1.29, 1.82) is 0 Å². The minimum Gasteiger partial charge on any atom is -0.367 e. The monoisotopic (exact) mass is 266 g/mol. The van der Waals surface area contributed by atoms with Crippen LogP contribution in [0.25, 0.3) is 11.1 Å². The second-order valence-corrected chi connectivity index (χ2v) is 4.38. The second-order valence-electron chi connectivity index (χ2n) is 3.52. The molecule has 0 saturated heterocycles. The van der Waals surface area contributed by atoms with Gasteiger partial charge in [-0.05, 0) is 36.6 Å². The van der Waals surface area contributed by atoms with Gasteiger partial charge in [0.15, 0.2) is 0 Å². The Balaban J connectivity index is 2.68. The van der Waals surface area contributed by atoms with Crippen molar-refractivity contribution in [2.45, 2.75) is 13.8 Å². The Morgan fingerprint density at radius 2 is 2.00 bits per heavy atom. The predicted molar refractivity (Wildman–Crippen MR) is 63.5 cm³/mol. The van der Waals surface area contributed by atoms with Gasteiger partial charge in [-0.3, -0.25) is 0 Å². The number of rotatable bonds is 1. The Hall–Kier alpha value is -1.29. The zero-order valence-corrected chi connectivity index (χ0v) is 10.1. The first-order chi connectivity index (χ1) is 7.09. The van der Waals surface area contributed by atoms with Crippen LogP contribution in [0.5, 0.6) is 0 Å². The van der Waals surface area contributed by atoms with Crippen molar-refractivity contribution in [3.63, 3.8) is 0 Å². The van der Waals surface area contributed by atoms with Crippen molar-refractivity contribution in [3.8, 4) is 11.1 Å². The lowest BCUT2D eigenvalue weighted by Gasteiger charge is -2.07. The number of nitrogens with zero attached hydrogens (tertiary/aromatic N) is 1. The van der Waals surface area contributed by atoms with E-state index in [-0.39, 0.29) is 0 Å². The van der Waals surface area contributed by atoms with Crippen LogP contribution in [-0.2, 0) is 0 Å². The third kappa shape index (κ3) is 1.77. The summed E-state index contributed by atoms with van der Waals surface area (Å²) in [6.45, 7) is 4.07. The third-order valence-corrected chi connectivity index (χ3v) is 3.20. The van der Waals surface area contributed by atoms with Gasteiger partial charge in [-0.1, -0.05) is 27.2 Å². The average Bonchev–Trinajstić information content (AvgIpc) is 2.58. The molecule has 0 unspecified atom stereocenters. The third-order valence-electron chi connectivity index (χ3n) is 2.38. The number of hydrogen-bond donors (Lipinski definition) is 1. The largest absolute Gasteiger partial charge is 0.367 e. The summed E-state index contributed by atoms with van der Waals surface area (Å²) in [5, 5.41) is 3.68. The maximum Gasteiger partial charge on any atom is 0.229 e. The molecule has 0 radical (unpaired) electrons. The Bertz CT molecular complexity index is 505. The first kappa shape index (κ1) is 10.2. The molecule has 1 heterocycles. The van der Waals surface area contributed by atoms with E-state index in [2.05, 4.69) is 33.2 Å². The molecule has 0 aliphatic rings. The maximum atomic E-state index is 5.70. The summed E-state index contributed by atoms with van der Waals surface area (Å²) in [6.07, 6.45) is 1.64. The molecule has 2 N–H and O–H groups in total. The van der Waals surface area contributed by atoms with E-state index < -0.39 is 0 Å². The van der Waals surface area contributed by atoms with Gasteiger partial charge in [-0.2, -0.15) is 0 Å². The highest BCUT2D eigenvalue weighted by atomic mass is 79.9. The van der Waals surface area contributed by atoms with Crippen molar-refractivity contribution in [2.75, 3.05) is 5.73 Å². The predicted octanol–water partition coefficient (Wildman–Crippen LogP) is 3.30. The van der Waals surface area contributed by atoms with Gasteiger partial charge in [-0.25, -0.2) is 0 Å². The van der Waals surface area contributed by atoms with E-state index in [1.54, 1.807) is 6.20 Å². The summed E-state index contributed by atoms with van der Waals surface area (Å²) in [6, 6.07) is 4.14. The van der Waals surface area contributed by atoms with Crippen molar-refractivity contribution in [1.82, 2.24) is 5.16 Å². The lowest BCUT2D eigenvalue weighted by atomic mass is 10.0. The van der Waals surface area contributed by atoms with Crippen molar-refractivity contribution in [3.05, 3.63) is 33.9 Å². The van der Waals surface area contributed by atoms with Gasteiger partial charge in [0.25, 0.3) is 0 Å². The van der Waals surface area contributed by atoms with Crippen LogP contribution < -0.4 is 5.73 Å². The lowest BCUT2D eigenvalue weighted by Crippen LogP contribution is -1.89. The molecule has 2 aromatic rings. The maximum absolute atomic E-state index is 5.70. The summed E-state index contributed by atoms with van der Waals surface area (Å²) in [7, 11) is 0. The molecule has 0 bridgehead atoms. The van der Waals surface area contributed by atoms with Crippen molar-refractivity contribution < 1.29 is 4.52 Å². The number of anilines is 1. The first-order valence-electron chi connectivity index (χ1n) is 4.57. The minimum atomic E-state index is 0.357. The van der Waals surface area contributed by atoms with Crippen LogP contribution >= 0.6 is 15.9 Å². The highest BCUT2D eigenvalue weighted by molar-refractivity contribution is 9.10. The minimum absolute atomic E-state index is 0.357. The molecule has 2 rings (SSSR count). The van der Waals surface area contributed by atoms with Gasteiger partial charge in [0.2, 0.25) is 5.88 Å². The van der Waals surface area contributed by atoms with E-state index in [4.69, 9.17) is 10.3 Å². The normalized spacial score (nSPS) is 10.6. The molecule has 1 aromatic carbocycles. The molecular weight excluding hydrogens is 256 g/mol. The summed E-state index contributed by atoms with van der Waals surface area (Å²) < 4.78 is 5.93. The second kappa shape index (κ2) is 3.70. The quantitative estimate of drug-likeness (QED) is 0.862. The Labute approximate surface area is 96.4 Å². The van der Waals surface area contributed by atoms with E-state index in [1.165, 1.54) is 5.56 Å². The van der Waals surface area contributed by atoms with Crippen LogP contribution in [0.1, 0.15) is 11.1 Å². The van der Waals surface area contributed by atoms with Crippen LogP contribution in [0.3, 0.4) is 0 Å². The Kier molecular flexibility index (Phi) is 2.52. The fourth-order valence-corrected chi connectivity index (χ4v) is 2.12.